The summed E-state index contributed by atoms with van der Waals surface area (Å²) in [6.45, 7) is 0.707. The van der Waals surface area contributed by atoms with Gasteiger partial charge in [0, 0.05) is 8.07 Å². The third kappa shape index (κ3) is 2.60. The Morgan fingerprint density at radius 3 is 3.10 bits per heavy atom. The molecule has 0 radical (unpaired) electrons. The van der Waals surface area contributed by atoms with Crippen LogP contribution >= 0.6 is 8.07 Å². The molecule has 0 aromatic carbocycles. The molecule has 5 heteroatoms. The monoisotopic (exact) mass is 163 g/mol. The standard InChI is InChI=1S/C5H10NO3P/c7-5(8)4-10-3-1-2-9-6-10/h6H,1-4H2,(H,7,8). The Morgan fingerprint density at radius 1 is 1.80 bits per heavy atom. The molecule has 4 nitrogen and oxygen atoms in total. The second kappa shape index (κ2) is 3.86. The van der Waals surface area contributed by atoms with E-state index in [0.29, 0.717) is 6.61 Å². The van der Waals surface area contributed by atoms with Crippen molar-refractivity contribution in [2.24, 2.45) is 0 Å². The first kappa shape index (κ1) is 7.92. The van der Waals surface area contributed by atoms with Gasteiger partial charge in [-0.15, -0.1) is 0 Å². The molecule has 1 aliphatic heterocycles. The van der Waals surface area contributed by atoms with Crippen LogP contribution in [0, 0.1) is 0 Å². The van der Waals surface area contributed by atoms with Crippen LogP contribution in [-0.4, -0.2) is 30.0 Å². The lowest BCUT2D eigenvalue weighted by Gasteiger charge is -2.21. The van der Waals surface area contributed by atoms with Crippen molar-refractivity contribution in [1.82, 2.24) is 5.25 Å². The molecule has 1 saturated heterocycles. The van der Waals surface area contributed by atoms with Gasteiger partial charge in [-0.1, -0.05) is 0 Å². The van der Waals surface area contributed by atoms with Gasteiger partial charge in [0.05, 0.1) is 12.8 Å². The Balaban J connectivity index is 2.19. The number of carbonyl (C=O) groups is 1. The molecule has 2 N–H and O–H groups in total. The Morgan fingerprint density at radius 2 is 2.60 bits per heavy atom. The highest BCUT2D eigenvalue weighted by atomic mass is 31.1. The number of aliphatic carboxylic acids is 1. The zero-order valence-electron chi connectivity index (χ0n) is 5.54. The largest absolute Gasteiger partial charge is 0.481 e. The van der Waals surface area contributed by atoms with Crippen molar-refractivity contribution in [2.45, 2.75) is 6.42 Å². The van der Waals surface area contributed by atoms with Gasteiger partial charge in [-0.05, 0) is 12.6 Å². The normalized spacial score (nSPS) is 26.2. The van der Waals surface area contributed by atoms with Crippen LogP contribution in [0.2, 0.25) is 0 Å². The zero-order chi connectivity index (χ0) is 7.40. The van der Waals surface area contributed by atoms with Crippen molar-refractivity contribution in [3.63, 3.8) is 0 Å². The molecule has 1 fully saturated rings. The highest BCUT2D eigenvalue weighted by Crippen LogP contribution is 2.32. The van der Waals surface area contributed by atoms with Crippen LogP contribution in [-0.2, 0) is 9.63 Å². The van der Waals surface area contributed by atoms with Crippen LogP contribution in [0.1, 0.15) is 6.42 Å². The quantitative estimate of drug-likeness (QED) is 0.578. The summed E-state index contributed by atoms with van der Waals surface area (Å²) in [5, 5.41) is 11.1. The molecule has 0 amide bonds. The molecule has 1 unspecified atom stereocenters. The fourth-order valence-corrected chi connectivity index (χ4v) is 2.21. The molecule has 0 aromatic rings. The summed E-state index contributed by atoms with van der Waals surface area (Å²) in [6.07, 6.45) is 2.16. The van der Waals surface area contributed by atoms with Crippen molar-refractivity contribution < 1.29 is 14.7 Å². The van der Waals surface area contributed by atoms with Gasteiger partial charge in [0.25, 0.3) is 0 Å². The number of carboxylic acids is 1. The average molecular weight is 163 g/mol. The van der Waals surface area contributed by atoms with E-state index in [-0.39, 0.29) is 6.16 Å². The molecule has 0 bridgehead atoms. The third-order valence-electron chi connectivity index (χ3n) is 1.19. The molecule has 1 rings (SSSR count). The number of hydrogen-bond acceptors (Lipinski definition) is 3. The molecule has 1 aliphatic rings. The summed E-state index contributed by atoms with van der Waals surface area (Å²) in [5.74, 6) is -0.746. The molecule has 58 valence electrons. The van der Waals surface area contributed by atoms with Crippen molar-refractivity contribution in [3.8, 4) is 0 Å². The number of rotatable bonds is 2. The van der Waals surface area contributed by atoms with E-state index in [2.05, 4.69) is 5.25 Å². The third-order valence-corrected chi connectivity index (χ3v) is 3.09. The minimum Gasteiger partial charge on any atom is -0.481 e. The Kier molecular flexibility index (Phi) is 3.06. The van der Waals surface area contributed by atoms with Crippen LogP contribution in [0.15, 0.2) is 0 Å². The molecule has 0 aromatic heterocycles. The first-order chi connectivity index (χ1) is 4.79. The van der Waals surface area contributed by atoms with Gasteiger partial charge in [0.1, 0.15) is 0 Å². The van der Waals surface area contributed by atoms with Crippen LogP contribution in [0.5, 0.6) is 0 Å². The van der Waals surface area contributed by atoms with E-state index in [4.69, 9.17) is 9.94 Å². The number of carboxylic acid groups (broad SMARTS) is 1. The zero-order valence-corrected chi connectivity index (χ0v) is 6.43. The Hall–Kier alpha value is -0.180. The summed E-state index contributed by atoms with van der Waals surface area (Å²) in [6, 6.07) is 0. The maximum Gasteiger partial charge on any atom is 0.309 e. The summed E-state index contributed by atoms with van der Waals surface area (Å²) in [5.41, 5.74) is 0. The molecule has 0 aliphatic carbocycles. The van der Waals surface area contributed by atoms with Crippen LogP contribution in [0.25, 0.3) is 0 Å². The fourth-order valence-electron chi connectivity index (χ4n) is 0.785. The molecule has 1 atom stereocenters. The van der Waals surface area contributed by atoms with Gasteiger partial charge in [0.15, 0.2) is 0 Å². The predicted molar refractivity (Wildman–Crippen MR) is 38.0 cm³/mol. The van der Waals surface area contributed by atoms with Gasteiger partial charge in [-0.3, -0.25) is 9.63 Å². The average Bonchev–Trinajstić information content (AvgIpc) is 1.88. The predicted octanol–water partition coefficient (Wildman–Crippen LogP) is 0.393. The minimum atomic E-state index is -0.746. The smallest absolute Gasteiger partial charge is 0.309 e. The molecular weight excluding hydrogens is 153 g/mol. The van der Waals surface area contributed by atoms with E-state index in [1.165, 1.54) is 0 Å². The lowest BCUT2D eigenvalue weighted by atomic mass is 10.5. The maximum atomic E-state index is 10.2. The SMILES string of the molecule is O=C(O)CP1CCCON1. The molecule has 0 spiro atoms. The second-order valence-corrected chi connectivity index (χ2v) is 4.13. The van der Waals surface area contributed by atoms with Crippen molar-refractivity contribution >= 4 is 14.0 Å². The fraction of sp³-hybridized carbons (Fsp3) is 0.800. The summed E-state index contributed by atoms with van der Waals surface area (Å²) >= 11 is 0. The topological polar surface area (TPSA) is 58.6 Å². The van der Waals surface area contributed by atoms with Crippen molar-refractivity contribution in [1.29, 1.82) is 0 Å². The summed E-state index contributed by atoms with van der Waals surface area (Å²) in [4.78, 5) is 15.1. The molecular formula is C5H10NO3P. The first-order valence-electron chi connectivity index (χ1n) is 3.13. The van der Waals surface area contributed by atoms with Crippen molar-refractivity contribution in [3.05, 3.63) is 0 Å². The van der Waals surface area contributed by atoms with Gasteiger partial charge in [-0.25, -0.2) is 0 Å². The van der Waals surface area contributed by atoms with Gasteiger partial charge in [-0.2, -0.15) is 5.25 Å². The Labute approximate surface area is 60.3 Å². The van der Waals surface area contributed by atoms with Crippen LogP contribution < -0.4 is 5.25 Å². The van der Waals surface area contributed by atoms with Crippen LogP contribution in [0.3, 0.4) is 0 Å². The lowest BCUT2D eigenvalue weighted by molar-refractivity contribution is -0.134. The van der Waals surface area contributed by atoms with E-state index in [0.717, 1.165) is 12.6 Å². The van der Waals surface area contributed by atoms with E-state index in [9.17, 15) is 4.79 Å². The molecule has 10 heavy (non-hydrogen) atoms. The molecule has 0 saturated carbocycles. The van der Waals surface area contributed by atoms with Gasteiger partial charge in [0.2, 0.25) is 0 Å². The van der Waals surface area contributed by atoms with E-state index < -0.39 is 14.0 Å². The molecule has 1 heterocycles. The summed E-state index contributed by atoms with van der Waals surface area (Å²) < 4.78 is 0. The number of hydrogen-bond donors (Lipinski definition) is 2. The Bertz CT molecular complexity index is 124. The maximum absolute atomic E-state index is 10.2. The van der Waals surface area contributed by atoms with Gasteiger partial charge >= 0.3 is 5.97 Å². The highest BCUT2D eigenvalue weighted by Gasteiger charge is 2.15. The first-order valence-corrected chi connectivity index (χ1v) is 4.84. The van der Waals surface area contributed by atoms with E-state index >= 15 is 0 Å². The summed E-state index contributed by atoms with van der Waals surface area (Å²) in [7, 11) is -0.583. The lowest BCUT2D eigenvalue weighted by Crippen LogP contribution is -2.22. The highest BCUT2D eigenvalue weighted by molar-refractivity contribution is 7.56. The second-order valence-electron chi connectivity index (χ2n) is 2.11. The van der Waals surface area contributed by atoms with E-state index in [1.54, 1.807) is 0 Å². The minimum absolute atomic E-state index is 0.218. The van der Waals surface area contributed by atoms with Gasteiger partial charge < -0.3 is 5.11 Å². The number of nitrogens with one attached hydrogen (secondary N) is 1. The van der Waals surface area contributed by atoms with Crippen molar-refractivity contribution in [2.75, 3.05) is 18.9 Å². The van der Waals surface area contributed by atoms with E-state index in [1.807, 2.05) is 0 Å². The van der Waals surface area contributed by atoms with Crippen LogP contribution in [0.4, 0.5) is 0 Å².